The fourth-order valence-corrected chi connectivity index (χ4v) is 2.40. The van der Waals surface area contributed by atoms with Crippen molar-refractivity contribution in [1.29, 1.82) is 0 Å². The molecule has 120 valence electrons. The summed E-state index contributed by atoms with van der Waals surface area (Å²) in [6.45, 7) is 0. The Hall–Kier alpha value is -2.70. The minimum absolute atomic E-state index is 0.0183. The van der Waals surface area contributed by atoms with Crippen molar-refractivity contribution in [2.75, 3.05) is 10.6 Å². The first kappa shape index (κ1) is 15.2. The van der Waals surface area contributed by atoms with Gasteiger partial charge in [0.1, 0.15) is 5.75 Å². The number of halogens is 3. The van der Waals surface area contributed by atoms with Crippen LogP contribution in [0.5, 0.6) is 5.75 Å². The molecule has 7 heteroatoms. The van der Waals surface area contributed by atoms with E-state index >= 15 is 0 Å². The van der Waals surface area contributed by atoms with E-state index in [9.17, 15) is 18.0 Å². The third-order valence-corrected chi connectivity index (χ3v) is 3.36. The lowest BCUT2D eigenvalue weighted by Gasteiger charge is -2.18. The Morgan fingerprint density at radius 1 is 1.04 bits per heavy atom. The number of ether oxygens (including phenoxy) is 1. The summed E-state index contributed by atoms with van der Waals surface area (Å²) in [4.78, 5) is 11.3. The molecule has 0 saturated carbocycles. The van der Waals surface area contributed by atoms with E-state index in [1.54, 1.807) is 18.2 Å². The van der Waals surface area contributed by atoms with Gasteiger partial charge < -0.3 is 15.4 Å². The Morgan fingerprint density at radius 2 is 1.83 bits per heavy atom. The second-order valence-corrected chi connectivity index (χ2v) is 5.12. The zero-order valence-electron chi connectivity index (χ0n) is 11.9. The van der Waals surface area contributed by atoms with Crippen LogP contribution < -0.4 is 15.4 Å². The second-order valence-electron chi connectivity index (χ2n) is 5.12. The fraction of sp³-hybridized carbons (Fsp3) is 0.188. The molecular weight excluding hydrogens is 309 g/mol. The first-order valence-electron chi connectivity index (χ1n) is 6.95. The monoisotopic (exact) mass is 322 g/mol. The summed E-state index contributed by atoms with van der Waals surface area (Å²) >= 11 is 0. The van der Waals surface area contributed by atoms with E-state index in [-0.39, 0.29) is 11.7 Å². The van der Waals surface area contributed by atoms with Gasteiger partial charge in [0.25, 0.3) is 0 Å². The summed E-state index contributed by atoms with van der Waals surface area (Å²) in [5.41, 5.74) is 2.95. The molecular formula is C16H13F3N2O2. The van der Waals surface area contributed by atoms with Gasteiger partial charge in [-0.05, 0) is 42.3 Å². The smallest absolute Gasteiger partial charge is 0.406 e. The predicted octanol–water partition coefficient (Wildman–Crippen LogP) is 4.21. The molecule has 1 aliphatic rings. The number of hydrogen-bond acceptors (Lipinski definition) is 3. The average molecular weight is 322 g/mol. The highest BCUT2D eigenvalue weighted by atomic mass is 19.4. The molecule has 0 saturated heterocycles. The first-order valence-corrected chi connectivity index (χ1v) is 6.95. The molecule has 3 rings (SSSR count). The number of fused-ring (bicyclic) bond motifs is 1. The van der Waals surface area contributed by atoms with Crippen molar-refractivity contribution in [1.82, 2.24) is 0 Å². The summed E-state index contributed by atoms with van der Waals surface area (Å²) in [7, 11) is 0. The number of rotatable bonds is 3. The maximum Gasteiger partial charge on any atom is 0.573 e. The maximum absolute atomic E-state index is 12.2. The maximum atomic E-state index is 12.2. The van der Waals surface area contributed by atoms with Gasteiger partial charge in [-0.2, -0.15) is 0 Å². The van der Waals surface area contributed by atoms with Crippen LogP contribution in [0.2, 0.25) is 0 Å². The van der Waals surface area contributed by atoms with Crippen molar-refractivity contribution in [3.63, 3.8) is 0 Å². The number of hydrogen-bond donors (Lipinski definition) is 2. The van der Waals surface area contributed by atoms with Crippen LogP contribution in [0.15, 0.2) is 42.5 Å². The van der Waals surface area contributed by atoms with Crippen LogP contribution in [0.1, 0.15) is 12.0 Å². The molecule has 0 unspecified atom stereocenters. The molecule has 1 amide bonds. The van der Waals surface area contributed by atoms with E-state index < -0.39 is 6.36 Å². The lowest BCUT2D eigenvalue weighted by Crippen LogP contribution is -2.18. The third kappa shape index (κ3) is 3.94. The number of carbonyl (C=O) groups is 1. The molecule has 1 aliphatic heterocycles. The van der Waals surface area contributed by atoms with Crippen LogP contribution in [0.3, 0.4) is 0 Å². The Morgan fingerprint density at radius 3 is 2.61 bits per heavy atom. The molecule has 2 N–H and O–H groups in total. The van der Waals surface area contributed by atoms with E-state index in [0.29, 0.717) is 18.5 Å². The molecule has 1 heterocycles. The molecule has 0 fully saturated rings. The van der Waals surface area contributed by atoms with Crippen LogP contribution in [-0.4, -0.2) is 12.3 Å². The van der Waals surface area contributed by atoms with Crippen LogP contribution in [0, 0.1) is 0 Å². The van der Waals surface area contributed by atoms with E-state index in [4.69, 9.17) is 0 Å². The van der Waals surface area contributed by atoms with Crippen molar-refractivity contribution in [2.45, 2.75) is 19.2 Å². The van der Waals surface area contributed by atoms with Gasteiger partial charge in [0.05, 0.1) is 0 Å². The fourth-order valence-electron chi connectivity index (χ4n) is 2.40. The van der Waals surface area contributed by atoms with Crippen molar-refractivity contribution in [3.05, 3.63) is 48.0 Å². The van der Waals surface area contributed by atoms with Gasteiger partial charge in [-0.1, -0.05) is 6.07 Å². The molecule has 0 aliphatic carbocycles. The normalized spacial score (nSPS) is 14.0. The summed E-state index contributed by atoms with van der Waals surface area (Å²) in [5.74, 6) is -0.303. The summed E-state index contributed by atoms with van der Waals surface area (Å²) in [6.07, 6.45) is -3.66. The zero-order valence-corrected chi connectivity index (χ0v) is 11.9. The Bertz CT molecular complexity index is 744. The van der Waals surface area contributed by atoms with Gasteiger partial charge in [-0.25, -0.2) is 0 Å². The SMILES string of the molecule is O=C1CCc2cc(Nc3cccc(OC(F)(F)F)c3)ccc2N1. The molecule has 0 aromatic heterocycles. The predicted molar refractivity (Wildman–Crippen MR) is 79.8 cm³/mol. The Labute approximate surface area is 130 Å². The Balaban J connectivity index is 1.77. The van der Waals surface area contributed by atoms with Gasteiger partial charge in [0, 0.05) is 29.5 Å². The minimum Gasteiger partial charge on any atom is -0.406 e. The number of benzene rings is 2. The summed E-state index contributed by atoms with van der Waals surface area (Å²) < 4.78 is 40.6. The largest absolute Gasteiger partial charge is 0.573 e. The number of anilines is 3. The molecule has 23 heavy (non-hydrogen) atoms. The van der Waals surface area contributed by atoms with E-state index in [0.717, 1.165) is 16.9 Å². The van der Waals surface area contributed by atoms with Crippen LogP contribution in [0.4, 0.5) is 30.2 Å². The van der Waals surface area contributed by atoms with E-state index in [2.05, 4.69) is 15.4 Å². The summed E-state index contributed by atoms with van der Waals surface area (Å²) in [5, 5.41) is 5.81. The van der Waals surface area contributed by atoms with Gasteiger partial charge >= 0.3 is 6.36 Å². The molecule has 4 nitrogen and oxygen atoms in total. The van der Waals surface area contributed by atoms with Gasteiger partial charge in [0.15, 0.2) is 0 Å². The molecule has 2 aromatic carbocycles. The summed E-state index contributed by atoms with van der Waals surface area (Å²) in [6, 6.07) is 11.0. The van der Waals surface area contributed by atoms with Gasteiger partial charge in [0.2, 0.25) is 5.91 Å². The highest BCUT2D eigenvalue weighted by Gasteiger charge is 2.31. The molecule has 2 aromatic rings. The van der Waals surface area contributed by atoms with E-state index in [1.807, 2.05) is 6.07 Å². The van der Waals surface area contributed by atoms with Gasteiger partial charge in [-0.3, -0.25) is 4.79 Å². The van der Waals surface area contributed by atoms with Crippen molar-refractivity contribution >= 4 is 23.0 Å². The quantitative estimate of drug-likeness (QED) is 0.890. The topological polar surface area (TPSA) is 50.4 Å². The minimum atomic E-state index is -4.72. The number of amides is 1. The molecule has 0 bridgehead atoms. The van der Waals surface area contributed by atoms with Crippen molar-refractivity contribution < 1.29 is 22.7 Å². The second kappa shape index (κ2) is 5.83. The standard InChI is InChI=1S/C16H13F3N2O2/c17-16(18,19)23-13-3-1-2-11(9-13)20-12-5-6-14-10(8-12)4-7-15(22)21-14/h1-3,5-6,8-9,20H,4,7H2,(H,21,22). The number of carbonyl (C=O) groups excluding carboxylic acids is 1. The number of aryl methyl sites for hydroxylation is 1. The number of nitrogens with one attached hydrogen (secondary N) is 2. The van der Waals surface area contributed by atoms with Crippen LogP contribution in [0.25, 0.3) is 0 Å². The van der Waals surface area contributed by atoms with Crippen molar-refractivity contribution in [2.24, 2.45) is 0 Å². The first-order chi connectivity index (χ1) is 10.9. The van der Waals surface area contributed by atoms with Crippen LogP contribution in [-0.2, 0) is 11.2 Å². The lowest BCUT2D eigenvalue weighted by molar-refractivity contribution is -0.274. The average Bonchev–Trinajstić information content (AvgIpc) is 2.46. The van der Waals surface area contributed by atoms with Crippen LogP contribution >= 0.6 is 0 Å². The highest BCUT2D eigenvalue weighted by Crippen LogP contribution is 2.29. The molecule has 0 radical (unpaired) electrons. The Kier molecular flexibility index (Phi) is 3.85. The molecule has 0 atom stereocenters. The van der Waals surface area contributed by atoms with Crippen molar-refractivity contribution in [3.8, 4) is 5.75 Å². The lowest BCUT2D eigenvalue weighted by atomic mass is 10.0. The third-order valence-electron chi connectivity index (χ3n) is 3.36. The molecule has 0 spiro atoms. The van der Waals surface area contributed by atoms with Gasteiger partial charge in [-0.15, -0.1) is 13.2 Å². The highest BCUT2D eigenvalue weighted by molar-refractivity contribution is 5.94. The van der Waals surface area contributed by atoms with E-state index in [1.165, 1.54) is 18.2 Å². The zero-order chi connectivity index (χ0) is 16.4. The number of alkyl halides is 3.